The lowest BCUT2D eigenvalue weighted by atomic mass is 9.66. The van der Waals surface area contributed by atoms with Crippen LogP contribution in [0.4, 0.5) is 0 Å². The Morgan fingerprint density at radius 2 is 1.07 bits per heavy atom. The lowest BCUT2D eigenvalue weighted by Crippen LogP contribution is -2.47. The summed E-state index contributed by atoms with van der Waals surface area (Å²) in [5.41, 5.74) is -1.32. The quantitative estimate of drug-likeness (QED) is 0.718. The fourth-order valence-electron chi connectivity index (χ4n) is 2.82. The molecule has 1 aliphatic rings. The van der Waals surface area contributed by atoms with Gasteiger partial charge < -0.3 is 10.2 Å². The predicted octanol–water partition coefficient (Wildman–Crippen LogP) is 2.33. The fourth-order valence-corrected chi connectivity index (χ4v) is 2.82. The van der Waals surface area contributed by atoms with Crippen LogP contribution in [0.1, 0.15) is 53.4 Å². The summed E-state index contributed by atoms with van der Waals surface area (Å²) < 4.78 is 0. The fraction of sp³-hybridized carbons (Fsp3) is 1.00. The summed E-state index contributed by atoms with van der Waals surface area (Å²) in [5.74, 6) is 0.465. The van der Waals surface area contributed by atoms with Crippen LogP contribution in [0.3, 0.4) is 0 Å². The van der Waals surface area contributed by atoms with Crippen molar-refractivity contribution in [2.24, 2.45) is 11.8 Å². The van der Waals surface area contributed by atoms with Crippen LogP contribution in [-0.2, 0) is 0 Å². The van der Waals surface area contributed by atoms with Gasteiger partial charge in [0.05, 0.1) is 11.2 Å². The molecule has 0 saturated heterocycles. The third-order valence-corrected chi connectivity index (χ3v) is 3.58. The molecule has 2 nitrogen and oxygen atoms in total. The van der Waals surface area contributed by atoms with Crippen LogP contribution in [-0.4, -0.2) is 21.4 Å². The highest BCUT2D eigenvalue weighted by molar-refractivity contribution is 4.92. The molecule has 0 spiro atoms. The molecule has 0 radical (unpaired) electrons. The number of aliphatic hydroxyl groups is 2. The molecule has 0 aliphatic heterocycles. The second kappa shape index (κ2) is 3.82. The van der Waals surface area contributed by atoms with E-state index in [1.54, 1.807) is 0 Å². The van der Waals surface area contributed by atoms with E-state index < -0.39 is 11.2 Å². The molecule has 84 valence electrons. The molecule has 1 unspecified atom stereocenters. The van der Waals surface area contributed by atoms with Crippen LogP contribution in [0.25, 0.3) is 0 Å². The Kier molecular flexibility index (Phi) is 3.27. The van der Waals surface area contributed by atoms with Crippen molar-refractivity contribution in [3.05, 3.63) is 0 Å². The largest absolute Gasteiger partial charge is 0.390 e. The van der Waals surface area contributed by atoms with E-state index >= 15 is 0 Å². The molecule has 0 aromatic rings. The minimum Gasteiger partial charge on any atom is -0.390 e. The molecule has 0 aromatic heterocycles. The van der Waals surface area contributed by atoms with Gasteiger partial charge in [-0.05, 0) is 52.4 Å². The normalized spacial score (nSPS) is 30.4. The number of hydrogen-bond donors (Lipinski definition) is 2. The molecule has 0 amide bonds. The van der Waals surface area contributed by atoms with Gasteiger partial charge in [-0.2, -0.15) is 0 Å². The van der Waals surface area contributed by atoms with Crippen LogP contribution in [0.2, 0.25) is 0 Å². The van der Waals surface area contributed by atoms with Crippen LogP contribution >= 0.6 is 0 Å². The third-order valence-electron chi connectivity index (χ3n) is 3.58. The first kappa shape index (κ1) is 12.0. The molecule has 1 rings (SSSR count). The molecule has 2 N–H and O–H groups in total. The Bertz CT molecular complexity index is 163. The summed E-state index contributed by atoms with van der Waals surface area (Å²) in [6.45, 7) is 7.45. The Morgan fingerprint density at radius 1 is 0.786 bits per heavy atom. The maximum absolute atomic E-state index is 10.1. The third kappa shape index (κ3) is 2.71. The molecule has 0 aromatic carbocycles. The Balaban J connectivity index is 2.80. The molecule has 14 heavy (non-hydrogen) atoms. The molecule has 1 saturated carbocycles. The van der Waals surface area contributed by atoms with E-state index in [1.165, 1.54) is 12.8 Å². The first-order valence-corrected chi connectivity index (χ1v) is 5.67. The first-order valence-electron chi connectivity index (χ1n) is 5.67. The molecule has 0 heterocycles. The van der Waals surface area contributed by atoms with Crippen LogP contribution in [0, 0.1) is 11.8 Å². The summed E-state index contributed by atoms with van der Waals surface area (Å²) in [7, 11) is 0. The molecular formula is C12H24O2. The Labute approximate surface area is 87.3 Å². The SMILES string of the molecule is CC(C)(O)C1CCCC[C@H]1C(C)(C)O. The van der Waals surface area contributed by atoms with Crippen molar-refractivity contribution in [3.8, 4) is 0 Å². The minimum atomic E-state index is -0.662. The van der Waals surface area contributed by atoms with Crippen molar-refractivity contribution in [1.29, 1.82) is 0 Å². The van der Waals surface area contributed by atoms with Crippen molar-refractivity contribution in [2.45, 2.75) is 64.6 Å². The van der Waals surface area contributed by atoms with Crippen molar-refractivity contribution in [2.75, 3.05) is 0 Å². The van der Waals surface area contributed by atoms with E-state index in [4.69, 9.17) is 0 Å². The van der Waals surface area contributed by atoms with Crippen molar-refractivity contribution in [3.63, 3.8) is 0 Å². The van der Waals surface area contributed by atoms with Gasteiger partial charge in [-0.15, -0.1) is 0 Å². The topological polar surface area (TPSA) is 40.5 Å². The molecule has 1 fully saturated rings. The van der Waals surface area contributed by atoms with Gasteiger partial charge in [0.15, 0.2) is 0 Å². The Morgan fingerprint density at radius 3 is 1.29 bits per heavy atom. The maximum atomic E-state index is 10.1. The van der Waals surface area contributed by atoms with Gasteiger partial charge in [-0.3, -0.25) is 0 Å². The lowest BCUT2D eigenvalue weighted by molar-refractivity contribution is -0.0970. The molecule has 1 aliphatic carbocycles. The molecular weight excluding hydrogens is 176 g/mol. The number of hydrogen-bond acceptors (Lipinski definition) is 2. The smallest absolute Gasteiger partial charge is 0.0623 e. The van der Waals surface area contributed by atoms with Gasteiger partial charge in [-0.25, -0.2) is 0 Å². The van der Waals surface area contributed by atoms with Gasteiger partial charge in [0.1, 0.15) is 0 Å². The summed E-state index contributed by atoms with van der Waals surface area (Å²) in [6.07, 6.45) is 4.44. The van der Waals surface area contributed by atoms with Crippen LogP contribution in [0.5, 0.6) is 0 Å². The molecule has 2 heteroatoms. The summed E-state index contributed by atoms with van der Waals surface area (Å²) in [4.78, 5) is 0. The predicted molar refractivity (Wildman–Crippen MR) is 58.0 cm³/mol. The van der Waals surface area contributed by atoms with Crippen LogP contribution in [0.15, 0.2) is 0 Å². The van der Waals surface area contributed by atoms with E-state index in [1.807, 2.05) is 27.7 Å². The van der Waals surface area contributed by atoms with Crippen molar-refractivity contribution < 1.29 is 10.2 Å². The zero-order chi connectivity index (χ0) is 11.0. The molecule has 2 atom stereocenters. The second-order valence-electron chi connectivity index (χ2n) is 5.80. The van der Waals surface area contributed by atoms with Crippen molar-refractivity contribution >= 4 is 0 Å². The van der Waals surface area contributed by atoms with Gasteiger partial charge >= 0.3 is 0 Å². The second-order valence-corrected chi connectivity index (χ2v) is 5.80. The van der Waals surface area contributed by atoms with E-state index in [9.17, 15) is 10.2 Å². The highest BCUT2D eigenvalue weighted by Crippen LogP contribution is 2.42. The monoisotopic (exact) mass is 200 g/mol. The lowest BCUT2D eigenvalue weighted by Gasteiger charge is -2.44. The zero-order valence-corrected chi connectivity index (χ0v) is 9.88. The van der Waals surface area contributed by atoms with E-state index in [-0.39, 0.29) is 11.8 Å². The highest BCUT2D eigenvalue weighted by atomic mass is 16.3. The number of rotatable bonds is 2. The minimum absolute atomic E-state index is 0.233. The van der Waals surface area contributed by atoms with E-state index in [2.05, 4.69) is 0 Å². The summed E-state index contributed by atoms with van der Waals surface area (Å²) >= 11 is 0. The summed E-state index contributed by atoms with van der Waals surface area (Å²) in [6, 6.07) is 0. The molecule has 0 bridgehead atoms. The van der Waals surface area contributed by atoms with E-state index in [0.29, 0.717) is 0 Å². The van der Waals surface area contributed by atoms with Gasteiger partial charge in [0.25, 0.3) is 0 Å². The van der Waals surface area contributed by atoms with Gasteiger partial charge in [-0.1, -0.05) is 12.8 Å². The van der Waals surface area contributed by atoms with E-state index in [0.717, 1.165) is 12.8 Å². The zero-order valence-electron chi connectivity index (χ0n) is 9.88. The summed E-state index contributed by atoms with van der Waals surface area (Å²) in [5, 5.41) is 20.1. The highest BCUT2D eigenvalue weighted by Gasteiger charge is 2.42. The van der Waals surface area contributed by atoms with Gasteiger partial charge in [0, 0.05) is 0 Å². The average molecular weight is 200 g/mol. The van der Waals surface area contributed by atoms with Crippen LogP contribution < -0.4 is 0 Å². The standard InChI is InChI=1S/C12H24O2/c1-11(2,13)9-7-5-6-8-10(9)12(3,4)14/h9-10,13-14H,5-8H2,1-4H3/t9-,10?/m1/s1. The average Bonchev–Trinajstić information content (AvgIpc) is 2.01. The van der Waals surface area contributed by atoms with Crippen molar-refractivity contribution in [1.82, 2.24) is 0 Å². The maximum Gasteiger partial charge on any atom is 0.0623 e. The first-order chi connectivity index (χ1) is 6.23. The van der Waals surface area contributed by atoms with Gasteiger partial charge in [0.2, 0.25) is 0 Å². The Hall–Kier alpha value is -0.0800.